The summed E-state index contributed by atoms with van der Waals surface area (Å²) in [5, 5.41) is 5.76. The minimum absolute atomic E-state index is 0.0586. The van der Waals surface area contributed by atoms with Crippen molar-refractivity contribution in [3.05, 3.63) is 69.6 Å². The summed E-state index contributed by atoms with van der Waals surface area (Å²) >= 11 is 0. The van der Waals surface area contributed by atoms with Crippen LogP contribution in [0.4, 0.5) is 11.4 Å². The maximum absolute atomic E-state index is 12.4. The lowest BCUT2D eigenvalue weighted by Crippen LogP contribution is -2.15. The lowest BCUT2D eigenvalue weighted by molar-refractivity contribution is -0.114. The second-order valence-electron chi connectivity index (χ2n) is 6.12. The van der Waals surface area contributed by atoms with Crippen molar-refractivity contribution in [2.24, 2.45) is 0 Å². The first-order chi connectivity index (χ1) is 12.3. The summed E-state index contributed by atoms with van der Waals surface area (Å²) in [4.78, 5) is 35.7. The SMILES string of the molecule is CC(=O)Nc1ccc(NC(=O)c2cc(=O)c3cc(C)c(C)cc3o2)cc1. The van der Waals surface area contributed by atoms with E-state index in [4.69, 9.17) is 4.42 Å². The van der Waals surface area contributed by atoms with Gasteiger partial charge in [0.25, 0.3) is 5.91 Å². The fourth-order valence-electron chi connectivity index (χ4n) is 2.56. The molecule has 0 unspecified atom stereocenters. The highest BCUT2D eigenvalue weighted by molar-refractivity contribution is 6.03. The van der Waals surface area contributed by atoms with Crippen LogP contribution in [0, 0.1) is 13.8 Å². The molecule has 6 heteroatoms. The topological polar surface area (TPSA) is 88.4 Å². The fourth-order valence-corrected chi connectivity index (χ4v) is 2.56. The smallest absolute Gasteiger partial charge is 0.291 e. The average molecular weight is 350 g/mol. The van der Waals surface area contributed by atoms with Crippen molar-refractivity contribution in [3.63, 3.8) is 0 Å². The largest absolute Gasteiger partial charge is 0.451 e. The van der Waals surface area contributed by atoms with Crippen LogP contribution in [-0.4, -0.2) is 11.8 Å². The van der Waals surface area contributed by atoms with Gasteiger partial charge in [-0.25, -0.2) is 0 Å². The van der Waals surface area contributed by atoms with Crippen molar-refractivity contribution >= 4 is 34.2 Å². The van der Waals surface area contributed by atoms with E-state index in [0.29, 0.717) is 22.3 Å². The van der Waals surface area contributed by atoms with Crippen molar-refractivity contribution in [1.82, 2.24) is 0 Å². The van der Waals surface area contributed by atoms with Crippen LogP contribution in [0.15, 0.2) is 51.7 Å². The van der Waals surface area contributed by atoms with Gasteiger partial charge in [0.1, 0.15) is 5.58 Å². The summed E-state index contributed by atoms with van der Waals surface area (Å²) in [7, 11) is 0. The van der Waals surface area contributed by atoms with Gasteiger partial charge in [-0.15, -0.1) is 0 Å². The van der Waals surface area contributed by atoms with Crippen LogP contribution in [0.3, 0.4) is 0 Å². The van der Waals surface area contributed by atoms with Crippen LogP contribution >= 0.6 is 0 Å². The van der Waals surface area contributed by atoms with Crippen molar-refractivity contribution in [2.75, 3.05) is 10.6 Å². The number of fused-ring (bicyclic) bond motifs is 1. The van der Waals surface area contributed by atoms with E-state index in [9.17, 15) is 14.4 Å². The number of carbonyl (C=O) groups is 2. The number of benzene rings is 2. The molecule has 0 spiro atoms. The Hall–Kier alpha value is -3.41. The Balaban J connectivity index is 1.87. The molecule has 0 bridgehead atoms. The lowest BCUT2D eigenvalue weighted by Gasteiger charge is -2.08. The van der Waals surface area contributed by atoms with E-state index >= 15 is 0 Å². The third-order valence-corrected chi connectivity index (χ3v) is 4.03. The molecule has 1 aromatic heterocycles. The summed E-state index contributed by atoms with van der Waals surface area (Å²) in [5.74, 6) is -0.753. The molecule has 26 heavy (non-hydrogen) atoms. The highest BCUT2D eigenvalue weighted by Crippen LogP contribution is 2.19. The van der Waals surface area contributed by atoms with Crippen LogP contribution in [0.1, 0.15) is 28.6 Å². The first-order valence-corrected chi connectivity index (χ1v) is 8.07. The zero-order valence-corrected chi connectivity index (χ0v) is 14.7. The zero-order valence-electron chi connectivity index (χ0n) is 14.7. The molecule has 2 amide bonds. The van der Waals surface area contributed by atoms with E-state index in [2.05, 4.69) is 10.6 Å². The normalized spacial score (nSPS) is 10.6. The Bertz CT molecular complexity index is 1070. The molecule has 132 valence electrons. The van der Waals surface area contributed by atoms with Gasteiger partial charge < -0.3 is 15.1 Å². The molecule has 2 N–H and O–H groups in total. The number of aryl methyl sites for hydroxylation is 2. The van der Waals surface area contributed by atoms with Gasteiger partial charge >= 0.3 is 0 Å². The predicted octanol–water partition coefficient (Wildman–Crippen LogP) is 3.62. The number of nitrogens with one attached hydrogen (secondary N) is 2. The van der Waals surface area contributed by atoms with E-state index in [1.807, 2.05) is 13.8 Å². The third kappa shape index (κ3) is 3.64. The number of anilines is 2. The maximum atomic E-state index is 12.4. The van der Waals surface area contributed by atoms with Crippen LogP contribution in [0.25, 0.3) is 11.0 Å². The zero-order chi connectivity index (χ0) is 18.8. The van der Waals surface area contributed by atoms with E-state index in [1.165, 1.54) is 13.0 Å². The number of hydrogen-bond acceptors (Lipinski definition) is 4. The molecule has 0 aliphatic heterocycles. The molecule has 1 heterocycles. The molecule has 0 aliphatic carbocycles. The first kappa shape index (κ1) is 17.4. The van der Waals surface area contributed by atoms with Gasteiger partial charge in [0, 0.05) is 24.4 Å². The highest BCUT2D eigenvalue weighted by atomic mass is 16.3. The second-order valence-corrected chi connectivity index (χ2v) is 6.12. The Morgan fingerprint density at radius 2 is 1.46 bits per heavy atom. The van der Waals surface area contributed by atoms with Crippen molar-refractivity contribution in [1.29, 1.82) is 0 Å². The quantitative estimate of drug-likeness (QED) is 0.755. The van der Waals surface area contributed by atoms with Gasteiger partial charge in [-0.05, 0) is 61.4 Å². The molecular formula is C20H18N2O4. The van der Waals surface area contributed by atoms with Crippen LogP contribution in [-0.2, 0) is 4.79 Å². The average Bonchev–Trinajstić information content (AvgIpc) is 2.58. The highest BCUT2D eigenvalue weighted by Gasteiger charge is 2.13. The van der Waals surface area contributed by atoms with Gasteiger partial charge in [-0.2, -0.15) is 0 Å². The number of rotatable bonds is 3. The first-order valence-electron chi connectivity index (χ1n) is 8.07. The van der Waals surface area contributed by atoms with E-state index in [-0.39, 0.29) is 17.1 Å². The molecule has 0 saturated carbocycles. The molecular weight excluding hydrogens is 332 g/mol. The van der Waals surface area contributed by atoms with Crippen LogP contribution in [0.5, 0.6) is 0 Å². The van der Waals surface area contributed by atoms with Crippen LogP contribution < -0.4 is 16.1 Å². The van der Waals surface area contributed by atoms with Gasteiger partial charge in [-0.1, -0.05) is 0 Å². The van der Waals surface area contributed by atoms with E-state index in [0.717, 1.165) is 11.1 Å². The molecule has 2 aromatic carbocycles. The molecule has 0 fully saturated rings. The Morgan fingerprint density at radius 1 is 0.885 bits per heavy atom. The molecule has 6 nitrogen and oxygen atoms in total. The fraction of sp³-hybridized carbons (Fsp3) is 0.150. The summed E-state index contributed by atoms with van der Waals surface area (Å²) in [6.45, 7) is 5.25. The van der Waals surface area contributed by atoms with E-state index in [1.54, 1.807) is 36.4 Å². The second kappa shape index (κ2) is 6.84. The minimum Gasteiger partial charge on any atom is -0.451 e. The van der Waals surface area contributed by atoms with E-state index < -0.39 is 5.91 Å². The minimum atomic E-state index is -0.519. The third-order valence-electron chi connectivity index (χ3n) is 4.03. The molecule has 0 saturated heterocycles. The molecule has 0 aliphatic rings. The standard InChI is InChI=1S/C20H18N2O4/c1-11-8-16-17(24)10-19(26-18(16)9-12(11)2)20(25)22-15-6-4-14(5-7-15)21-13(3)23/h4-10H,1-3H3,(H,21,23)(H,22,25). The number of amides is 2. The Labute approximate surface area is 149 Å². The van der Waals surface area contributed by atoms with Crippen LogP contribution in [0.2, 0.25) is 0 Å². The molecule has 3 rings (SSSR count). The number of hydrogen-bond donors (Lipinski definition) is 2. The Kier molecular flexibility index (Phi) is 4.58. The van der Waals surface area contributed by atoms with Crippen molar-refractivity contribution in [3.8, 4) is 0 Å². The van der Waals surface area contributed by atoms with Crippen molar-refractivity contribution < 1.29 is 14.0 Å². The molecule has 0 radical (unpaired) electrons. The summed E-state index contributed by atoms with van der Waals surface area (Å²) in [6, 6.07) is 11.3. The van der Waals surface area contributed by atoms with Gasteiger partial charge in [0.15, 0.2) is 11.2 Å². The summed E-state index contributed by atoms with van der Waals surface area (Å²) in [6.07, 6.45) is 0. The Morgan fingerprint density at radius 3 is 2.08 bits per heavy atom. The summed E-state index contributed by atoms with van der Waals surface area (Å²) < 4.78 is 5.62. The van der Waals surface area contributed by atoms with Gasteiger partial charge in [0.05, 0.1) is 5.39 Å². The molecule has 3 aromatic rings. The summed E-state index contributed by atoms with van der Waals surface area (Å²) in [5.41, 5.74) is 3.23. The van der Waals surface area contributed by atoms with Gasteiger partial charge in [0.2, 0.25) is 5.91 Å². The van der Waals surface area contributed by atoms with Crippen molar-refractivity contribution in [2.45, 2.75) is 20.8 Å². The van der Waals surface area contributed by atoms with Gasteiger partial charge in [-0.3, -0.25) is 14.4 Å². The number of carbonyl (C=O) groups excluding carboxylic acids is 2. The predicted molar refractivity (Wildman–Crippen MR) is 101 cm³/mol. The molecule has 0 atom stereocenters. The monoisotopic (exact) mass is 350 g/mol. The lowest BCUT2D eigenvalue weighted by atomic mass is 10.1. The maximum Gasteiger partial charge on any atom is 0.291 e.